The average Bonchev–Trinajstić information content (AvgIpc) is 2.77. The van der Waals surface area contributed by atoms with Gasteiger partial charge in [0, 0.05) is 17.6 Å². The van der Waals surface area contributed by atoms with Crippen molar-refractivity contribution in [2.75, 3.05) is 0 Å². The van der Waals surface area contributed by atoms with Crippen LogP contribution in [0.15, 0.2) is 78.1 Å². The van der Waals surface area contributed by atoms with Gasteiger partial charge in [-0.05, 0) is 46.5 Å². The summed E-state index contributed by atoms with van der Waals surface area (Å²) in [5, 5.41) is 10.4. The molecule has 1 nitrogen and oxygen atoms in total. The molecular weight excluding hydrogens is 430 g/mol. The minimum Gasteiger partial charge on any atom is -0.384 e. The second kappa shape index (κ2) is 8.67. The van der Waals surface area contributed by atoms with Crippen molar-refractivity contribution in [3.05, 3.63) is 107 Å². The highest BCUT2D eigenvalue weighted by molar-refractivity contribution is 5.71. The molecule has 0 aromatic heterocycles. The molecule has 4 rings (SSSR count). The summed E-state index contributed by atoms with van der Waals surface area (Å²) in [5.41, 5.74) is 0.629. The van der Waals surface area contributed by atoms with Crippen molar-refractivity contribution in [1.29, 1.82) is 0 Å². The molecule has 0 amide bonds. The van der Waals surface area contributed by atoms with Gasteiger partial charge in [0.2, 0.25) is 0 Å². The molecule has 0 saturated heterocycles. The van der Waals surface area contributed by atoms with E-state index in [9.17, 15) is 31.4 Å². The fraction of sp³-hybridized carbons (Fsp3) is 0.120. The molecule has 1 aliphatic carbocycles. The number of aliphatic hydroxyl groups excluding tert-OH is 1. The summed E-state index contributed by atoms with van der Waals surface area (Å²) in [5.74, 6) is -6.07. The Bertz CT molecular complexity index is 1210. The van der Waals surface area contributed by atoms with Crippen LogP contribution < -0.4 is 0 Å². The SMILES string of the molecule is O[C@@H](C1=C(F)C=CCC1F)c1ccc(-c2ccc(-c3cc(F)c(F)c(F)c3)c(F)c2)cc1. The molecule has 2 atom stereocenters. The van der Waals surface area contributed by atoms with Gasteiger partial charge in [0.25, 0.3) is 0 Å². The molecule has 3 aromatic carbocycles. The number of aliphatic hydroxyl groups is 1. The van der Waals surface area contributed by atoms with Gasteiger partial charge in [-0.3, -0.25) is 0 Å². The van der Waals surface area contributed by atoms with Crippen molar-refractivity contribution in [3.63, 3.8) is 0 Å². The maximum Gasteiger partial charge on any atom is 0.194 e. The summed E-state index contributed by atoms with van der Waals surface area (Å²) in [4.78, 5) is 0. The lowest BCUT2D eigenvalue weighted by molar-refractivity contribution is 0.182. The fourth-order valence-corrected chi connectivity index (χ4v) is 3.64. The van der Waals surface area contributed by atoms with Gasteiger partial charge in [0.05, 0.1) is 0 Å². The van der Waals surface area contributed by atoms with Gasteiger partial charge in [-0.1, -0.05) is 42.5 Å². The first-order chi connectivity index (χ1) is 15.3. The summed E-state index contributed by atoms with van der Waals surface area (Å²) < 4.78 is 82.8. The highest BCUT2D eigenvalue weighted by atomic mass is 19.2. The van der Waals surface area contributed by atoms with E-state index in [1.54, 1.807) is 12.1 Å². The number of benzene rings is 3. The standard InChI is InChI=1S/C25H16F6O/c26-18-2-1-3-19(27)23(18)25(32)14-6-4-13(5-7-14)15-8-9-17(20(28)10-15)16-11-21(29)24(31)22(30)12-16/h1-2,4-12,19,25,32H,3H2/t19?,25-/m1/s1. The Labute approximate surface area is 180 Å². The van der Waals surface area contributed by atoms with Gasteiger partial charge in [0.15, 0.2) is 17.5 Å². The van der Waals surface area contributed by atoms with Gasteiger partial charge >= 0.3 is 0 Å². The summed E-state index contributed by atoms with van der Waals surface area (Å²) >= 11 is 0. The van der Waals surface area contributed by atoms with Gasteiger partial charge in [-0.25, -0.2) is 26.3 Å². The van der Waals surface area contributed by atoms with Gasteiger partial charge in [-0.15, -0.1) is 0 Å². The largest absolute Gasteiger partial charge is 0.384 e. The Balaban J connectivity index is 1.61. The fourth-order valence-electron chi connectivity index (χ4n) is 3.64. The van der Waals surface area contributed by atoms with Crippen LogP contribution >= 0.6 is 0 Å². The van der Waals surface area contributed by atoms with Gasteiger partial charge in [0.1, 0.15) is 23.9 Å². The molecule has 164 valence electrons. The van der Waals surface area contributed by atoms with Crippen LogP contribution in [0.3, 0.4) is 0 Å². The van der Waals surface area contributed by atoms with E-state index < -0.39 is 41.4 Å². The van der Waals surface area contributed by atoms with Crippen molar-refractivity contribution in [3.8, 4) is 22.3 Å². The Morgan fingerprint density at radius 3 is 1.94 bits per heavy atom. The van der Waals surface area contributed by atoms with Crippen LogP contribution in [0, 0.1) is 23.3 Å². The van der Waals surface area contributed by atoms with E-state index in [1.807, 2.05) is 0 Å². The quantitative estimate of drug-likeness (QED) is 0.334. The Kier molecular flexibility index (Phi) is 5.93. The maximum atomic E-state index is 14.6. The van der Waals surface area contributed by atoms with Crippen molar-refractivity contribution >= 4 is 0 Å². The highest BCUT2D eigenvalue weighted by Crippen LogP contribution is 2.35. The Morgan fingerprint density at radius 1 is 0.750 bits per heavy atom. The van der Waals surface area contributed by atoms with Crippen molar-refractivity contribution in [1.82, 2.24) is 0 Å². The van der Waals surface area contributed by atoms with Crippen LogP contribution in [-0.2, 0) is 0 Å². The van der Waals surface area contributed by atoms with Crippen LogP contribution in [0.1, 0.15) is 18.1 Å². The third kappa shape index (κ3) is 4.08. The van der Waals surface area contributed by atoms with E-state index in [4.69, 9.17) is 0 Å². The topological polar surface area (TPSA) is 20.2 Å². The van der Waals surface area contributed by atoms with E-state index in [0.29, 0.717) is 23.3 Å². The minimum atomic E-state index is -1.63. The normalized spacial score (nSPS) is 17.0. The first-order valence-corrected chi connectivity index (χ1v) is 9.69. The zero-order chi connectivity index (χ0) is 23.0. The second-order valence-electron chi connectivity index (χ2n) is 7.38. The lowest BCUT2D eigenvalue weighted by atomic mass is 9.91. The highest BCUT2D eigenvalue weighted by Gasteiger charge is 2.27. The third-order valence-electron chi connectivity index (χ3n) is 5.34. The smallest absolute Gasteiger partial charge is 0.194 e. The van der Waals surface area contributed by atoms with Gasteiger partial charge in [-0.2, -0.15) is 0 Å². The predicted molar refractivity (Wildman–Crippen MR) is 109 cm³/mol. The number of halogens is 6. The minimum absolute atomic E-state index is 0.0224. The number of alkyl halides is 1. The first kappa shape index (κ1) is 21.9. The molecule has 7 heteroatoms. The lowest BCUT2D eigenvalue weighted by Gasteiger charge is -2.21. The molecule has 3 aromatic rings. The molecule has 0 heterocycles. The number of rotatable bonds is 4. The molecule has 0 spiro atoms. The molecule has 1 N–H and O–H groups in total. The van der Waals surface area contributed by atoms with Crippen LogP contribution in [0.25, 0.3) is 22.3 Å². The Hall–Kier alpha value is -3.32. The lowest BCUT2D eigenvalue weighted by Crippen LogP contribution is -2.16. The molecule has 0 fully saturated rings. The van der Waals surface area contributed by atoms with Gasteiger partial charge < -0.3 is 5.11 Å². The van der Waals surface area contributed by atoms with Crippen LogP contribution in [-0.4, -0.2) is 11.3 Å². The van der Waals surface area contributed by atoms with Crippen molar-refractivity contribution in [2.45, 2.75) is 18.7 Å². The summed E-state index contributed by atoms with van der Waals surface area (Å²) in [6.45, 7) is 0. The molecule has 1 unspecified atom stereocenters. The molecule has 0 aliphatic heterocycles. The predicted octanol–water partition coefficient (Wildman–Crippen LogP) is 7.13. The van der Waals surface area contributed by atoms with Crippen LogP contribution in [0.4, 0.5) is 26.3 Å². The summed E-state index contributed by atoms with van der Waals surface area (Å²) in [6, 6.07) is 11.4. The average molecular weight is 446 g/mol. The maximum absolute atomic E-state index is 14.6. The van der Waals surface area contributed by atoms with E-state index >= 15 is 0 Å². The molecular formula is C25H16F6O. The third-order valence-corrected chi connectivity index (χ3v) is 5.34. The molecule has 0 bridgehead atoms. The van der Waals surface area contributed by atoms with E-state index in [1.165, 1.54) is 30.3 Å². The van der Waals surface area contributed by atoms with Crippen LogP contribution in [0.5, 0.6) is 0 Å². The molecule has 0 saturated carbocycles. The number of allylic oxidation sites excluding steroid dienone is 3. The monoisotopic (exact) mass is 446 g/mol. The molecule has 32 heavy (non-hydrogen) atoms. The first-order valence-electron chi connectivity index (χ1n) is 9.69. The van der Waals surface area contributed by atoms with E-state index in [0.717, 1.165) is 12.1 Å². The molecule has 1 aliphatic rings. The summed E-state index contributed by atoms with van der Waals surface area (Å²) in [6.07, 6.45) is -0.645. The van der Waals surface area contributed by atoms with Crippen molar-refractivity contribution < 1.29 is 31.4 Å². The molecule has 0 radical (unpaired) electrons. The second-order valence-corrected chi connectivity index (χ2v) is 7.38. The number of hydrogen-bond donors (Lipinski definition) is 1. The Morgan fingerprint density at radius 2 is 1.34 bits per heavy atom. The zero-order valence-electron chi connectivity index (χ0n) is 16.4. The van der Waals surface area contributed by atoms with Crippen LogP contribution in [0.2, 0.25) is 0 Å². The van der Waals surface area contributed by atoms with E-state index in [2.05, 4.69) is 0 Å². The number of hydrogen-bond acceptors (Lipinski definition) is 1. The van der Waals surface area contributed by atoms with E-state index in [-0.39, 0.29) is 28.7 Å². The van der Waals surface area contributed by atoms with Crippen molar-refractivity contribution in [2.24, 2.45) is 0 Å². The summed E-state index contributed by atoms with van der Waals surface area (Å²) in [7, 11) is 0. The zero-order valence-corrected chi connectivity index (χ0v) is 16.4.